The van der Waals surface area contributed by atoms with Crippen molar-refractivity contribution in [3.63, 3.8) is 0 Å². The van der Waals surface area contributed by atoms with Crippen molar-refractivity contribution in [1.29, 1.82) is 0 Å². The van der Waals surface area contributed by atoms with Gasteiger partial charge in [-0.05, 0) is 48.9 Å². The second-order valence-corrected chi connectivity index (χ2v) is 7.11. The molecule has 0 atom stereocenters. The fourth-order valence-corrected chi connectivity index (χ4v) is 3.01. The molecular formula is C16H18ClNO4S. The van der Waals surface area contributed by atoms with E-state index >= 15 is 0 Å². The zero-order chi connectivity index (χ0) is 16.9. The molecular weight excluding hydrogens is 338 g/mol. The molecule has 0 fully saturated rings. The minimum atomic E-state index is -3.52. The summed E-state index contributed by atoms with van der Waals surface area (Å²) in [4.78, 5) is 0. The van der Waals surface area contributed by atoms with Crippen LogP contribution in [0.5, 0.6) is 11.5 Å². The second kappa shape index (κ2) is 7.57. The van der Waals surface area contributed by atoms with E-state index in [4.69, 9.17) is 21.1 Å². The van der Waals surface area contributed by atoms with Crippen LogP contribution in [-0.4, -0.2) is 27.9 Å². The van der Waals surface area contributed by atoms with Crippen molar-refractivity contribution < 1.29 is 17.9 Å². The predicted octanol–water partition coefficient (Wildman–Crippen LogP) is 3.48. The van der Waals surface area contributed by atoms with Crippen LogP contribution in [0, 0.1) is 6.92 Å². The highest BCUT2D eigenvalue weighted by Gasteiger charge is 2.13. The van der Waals surface area contributed by atoms with Crippen molar-refractivity contribution in [2.24, 2.45) is 0 Å². The number of ether oxygens (including phenoxy) is 2. The molecule has 0 aliphatic rings. The number of sulfonamides is 1. The van der Waals surface area contributed by atoms with Gasteiger partial charge in [0.05, 0.1) is 12.8 Å². The predicted molar refractivity (Wildman–Crippen MR) is 92.1 cm³/mol. The zero-order valence-electron chi connectivity index (χ0n) is 12.9. The lowest BCUT2D eigenvalue weighted by molar-refractivity contribution is 0.340. The lowest BCUT2D eigenvalue weighted by atomic mass is 10.2. The summed E-state index contributed by atoms with van der Waals surface area (Å²) in [6.07, 6.45) is 0. The van der Waals surface area contributed by atoms with Gasteiger partial charge in [-0.15, -0.1) is 0 Å². The lowest BCUT2D eigenvalue weighted by Gasteiger charge is -2.12. The van der Waals surface area contributed by atoms with Crippen LogP contribution >= 0.6 is 11.6 Å². The van der Waals surface area contributed by atoms with Crippen molar-refractivity contribution >= 4 is 27.3 Å². The molecule has 2 rings (SSSR count). The number of methoxy groups -OCH3 is 1. The SMILES string of the molecule is COc1ccc(OCCS(=O)(=O)Nc2cccc(Cl)c2C)cc1. The van der Waals surface area contributed by atoms with Crippen LogP contribution in [0.25, 0.3) is 0 Å². The van der Waals surface area contributed by atoms with Gasteiger partial charge >= 0.3 is 0 Å². The van der Waals surface area contributed by atoms with Gasteiger partial charge in [0.2, 0.25) is 10.0 Å². The quantitative estimate of drug-likeness (QED) is 0.825. The molecule has 2 aromatic carbocycles. The summed E-state index contributed by atoms with van der Waals surface area (Å²) in [7, 11) is -1.94. The molecule has 0 aliphatic carbocycles. The van der Waals surface area contributed by atoms with Crippen molar-refractivity contribution in [3.05, 3.63) is 53.1 Å². The van der Waals surface area contributed by atoms with Gasteiger partial charge in [-0.2, -0.15) is 0 Å². The summed E-state index contributed by atoms with van der Waals surface area (Å²) >= 11 is 5.98. The number of anilines is 1. The highest BCUT2D eigenvalue weighted by Crippen LogP contribution is 2.24. The van der Waals surface area contributed by atoms with Crippen LogP contribution in [0.1, 0.15) is 5.56 Å². The standard InChI is InChI=1S/C16H18ClNO4S/c1-12-15(17)4-3-5-16(12)18-23(19,20)11-10-22-14-8-6-13(21-2)7-9-14/h3-9,18H,10-11H2,1-2H3. The highest BCUT2D eigenvalue weighted by molar-refractivity contribution is 7.92. The molecule has 0 heterocycles. The van der Waals surface area contributed by atoms with Crippen LogP contribution in [0.15, 0.2) is 42.5 Å². The van der Waals surface area contributed by atoms with E-state index in [1.54, 1.807) is 56.5 Å². The average molecular weight is 356 g/mol. The van der Waals surface area contributed by atoms with E-state index in [1.165, 1.54) is 0 Å². The van der Waals surface area contributed by atoms with Crippen LogP contribution < -0.4 is 14.2 Å². The minimum Gasteiger partial charge on any atom is -0.497 e. The van der Waals surface area contributed by atoms with E-state index in [9.17, 15) is 8.42 Å². The number of hydrogen-bond acceptors (Lipinski definition) is 4. The molecule has 0 spiro atoms. The van der Waals surface area contributed by atoms with E-state index in [2.05, 4.69) is 4.72 Å². The van der Waals surface area contributed by atoms with E-state index in [0.29, 0.717) is 27.8 Å². The maximum atomic E-state index is 12.1. The Kier molecular flexibility index (Phi) is 5.74. The Morgan fingerprint density at radius 3 is 2.39 bits per heavy atom. The lowest BCUT2D eigenvalue weighted by Crippen LogP contribution is -2.21. The summed E-state index contributed by atoms with van der Waals surface area (Å²) in [5, 5.41) is 0.514. The van der Waals surface area contributed by atoms with Crippen LogP contribution in [-0.2, 0) is 10.0 Å². The molecule has 2 aromatic rings. The van der Waals surface area contributed by atoms with Crippen molar-refractivity contribution in [2.75, 3.05) is 24.2 Å². The first-order chi connectivity index (χ1) is 10.9. The topological polar surface area (TPSA) is 64.6 Å². The van der Waals surface area contributed by atoms with Crippen LogP contribution in [0.3, 0.4) is 0 Å². The largest absolute Gasteiger partial charge is 0.497 e. The van der Waals surface area contributed by atoms with Gasteiger partial charge < -0.3 is 9.47 Å². The first kappa shape index (κ1) is 17.4. The Labute approximate surface area is 141 Å². The number of halogens is 1. The maximum absolute atomic E-state index is 12.1. The van der Waals surface area contributed by atoms with Gasteiger partial charge in [-0.1, -0.05) is 17.7 Å². The third kappa shape index (κ3) is 5.04. The van der Waals surface area contributed by atoms with Crippen molar-refractivity contribution in [2.45, 2.75) is 6.92 Å². The van der Waals surface area contributed by atoms with Crippen molar-refractivity contribution in [1.82, 2.24) is 0 Å². The van der Waals surface area contributed by atoms with Gasteiger partial charge in [-0.25, -0.2) is 8.42 Å². The molecule has 5 nitrogen and oxygen atoms in total. The first-order valence-corrected chi connectivity index (χ1v) is 8.97. The highest BCUT2D eigenvalue weighted by atomic mass is 35.5. The molecule has 7 heteroatoms. The molecule has 0 aromatic heterocycles. The fraction of sp³-hybridized carbons (Fsp3) is 0.250. The van der Waals surface area contributed by atoms with Gasteiger partial charge in [0.15, 0.2) is 0 Å². The molecule has 0 saturated heterocycles. The van der Waals surface area contributed by atoms with E-state index in [1.807, 2.05) is 0 Å². The smallest absolute Gasteiger partial charge is 0.236 e. The number of rotatable bonds is 7. The molecule has 0 radical (unpaired) electrons. The Bertz CT molecular complexity index is 760. The van der Waals surface area contributed by atoms with E-state index in [0.717, 1.165) is 0 Å². The van der Waals surface area contributed by atoms with Crippen molar-refractivity contribution in [3.8, 4) is 11.5 Å². The molecule has 0 saturated carbocycles. The number of nitrogens with one attached hydrogen (secondary N) is 1. The second-order valence-electron chi connectivity index (χ2n) is 4.86. The Hall–Kier alpha value is -1.92. The Morgan fingerprint density at radius 1 is 1.09 bits per heavy atom. The third-order valence-electron chi connectivity index (χ3n) is 3.21. The molecule has 0 bridgehead atoms. The van der Waals surface area contributed by atoms with E-state index < -0.39 is 10.0 Å². The average Bonchev–Trinajstić information content (AvgIpc) is 2.52. The molecule has 0 amide bonds. The van der Waals surface area contributed by atoms with Crippen LogP contribution in [0.4, 0.5) is 5.69 Å². The molecule has 0 unspecified atom stereocenters. The summed E-state index contributed by atoms with van der Waals surface area (Å²) in [5.41, 5.74) is 1.16. The number of hydrogen-bond donors (Lipinski definition) is 1. The van der Waals surface area contributed by atoms with E-state index in [-0.39, 0.29) is 12.4 Å². The third-order valence-corrected chi connectivity index (χ3v) is 4.86. The van der Waals surface area contributed by atoms with Gasteiger partial charge in [0.25, 0.3) is 0 Å². The van der Waals surface area contributed by atoms with Gasteiger partial charge in [0, 0.05) is 5.02 Å². The molecule has 1 N–H and O–H groups in total. The number of benzene rings is 2. The maximum Gasteiger partial charge on any atom is 0.236 e. The molecule has 23 heavy (non-hydrogen) atoms. The molecule has 124 valence electrons. The van der Waals surface area contributed by atoms with Gasteiger partial charge in [0.1, 0.15) is 23.9 Å². The Balaban J connectivity index is 1.92. The summed E-state index contributed by atoms with van der Waals surface area (Å²) in [6, 6.07) is 12.0. The summed E-state index contributed by atoms with van der Waals surface area (Å²) in [6.45, 7) is 1.80. The normalized spacial score (nSPS) is 11.1. The minimum absolute atomic E-state index is 0.0429. The summed E-state index contributed by atoms with van der Waals surface area (Å²) < 4.78 is 37.2. The summed E-state index contributed by atoms with van der Waals surface area (Å²) in [5.74, 6) is 1.13. The van der Waals surface area contributed by atoms with Crippen LogP contribution in [0.2, 0.25) is 5.02 Å². The Morgan fingerprint density at radius 2 is 1.74 bits per heavy atom. The fourth-order valence-electron chi connectivity index (χ4n) is 1.88. The zero-order valence-corrected chi connectivity index (χ0v) is 14.4. The van der Waals surface area contributed by atoms with Gasteiger partial charge in [-0.3, -0.25) is 4.72 Å². The molecule has 0 aliphatic heterocycles. The first-order valence-electron chi connectivity index (χ1n) is 6.94. The monoisotopic (exact) mass is 355 g/mol.